The lowest BCUT2D eigenvalue weighted by Crippen LogP contribution is -2.53. The van der Waals surface area contributed by atoms with Crippen LogP contribution in [-0.4, -0.2) is 17.0 Å². The van der Waals surface area contributed by atoms with Gasteiger partial charge in [-0.3, -0.25) is 4.79 Å². The molecule has 1 N–H and O–H groups in total. The molecule has 5 aliphatic carbocycles. The maximum absolute atomic E-state index is 12.2. The van der Waals surface area contributed by atoms with Crippen molar-refractivity contribution < 1.29 is 9.90 Å². The van der Waals surface area contributed by atoms with Crippen LogP contribution in [0.2, 0.25) is 0 Å². The second kappa shape index (κ2) is 7.44. The van der Waals surface area contributed by atoms with E-state index in [-0.39, 0.29) is 17.4 Å². The second-order valence-electron chi connectivity index (χ2n) is 13.2. The summed E-state index contributed by atoms with van der Waals surface area (Å²) in [5, 5.41) is 10.8. The Labute approximate surface area is 190 Å². The minimum atomic E-state index is -0.0810. The van der Waals surface area contributed by atoms with Crippen LogP contribution < -0.4 is 0 Å². The average molecular weight is 427 g/mol. The van der Waals surface area contributed by atoms with Gasteiger partial charge in [-0.1, -0.05) is 46.3 Å². The summed E-state index contributed by atoms with van der Waals surface area (Å²) in [4.78, 5) is 12.2. The molecule has 2 nitrogen and oxygen atoms in total. The van der Waals surface area contributed by atoms with Gasteiger partial charge in [-0.15, -0.1) is 0 Å². The Morgan fingerprint density at radius 2 is 1.77 bits per heavy atom. The zero-order valence-electron chi connectivity index (χ0n) is 20.8. The van der Waals surface area contributed by atoms with Crippen molar-refractivity contribution >= 4 is 5.78 Å². The van der Waals surface area contributed by atoms with E-state index < -0.39 is 0 Å². The third-order valence-electron chi connectivity index (χ3n) is 11.6. The molecule has 8 atom stereocenters. The highest BCUT2D eigenvalue weighted by Crippen LogP contribution is 2.72. The molecule has 5 aliphatic rings. The highest BCUT2D eigenvalue weighted by atomic mass is 16.3. The standard InChI is InChI=1S/C29H46O2/c1-18(2)24(30)10-6-19(3)21-8-9-22-20-7-11-25-28(5,23(20)12-14-27(21,22)4)15-13-26(31)29(25)16-17-29/h11,18-23,26,31H,6-10,12-17H2,1-5H3/t19-,20+,21-,22+,23+,26+,27-,28-/m1/s1. The summed E-state index contributed by atoms with van der Waals surface area (Å²) in [5.41, 5.74) is 2.66. The van der Waals surface area contributed by atoms with E-state index >= 15 is 0 Å². The number of hydrogen-bond donors (Lipinski definition) is 1. The monoisotopic (exact) mass is 426 g/mol. The Morgan fingerprint density at radius 1 is 1.03 bits per heavy atom. The molecule has 5 rings (SSSR count). The minimum Gasteiger partial charge on any atom is -0.392 e. The van der Waals surface area contributed by atoms with E-state index in [2.05, 4.69) is 26.8 Å². The molecule has 0 amide bonds. The van der Waals surface area contributed by atoms with E-state index in [1.165, 1.54) is 51.4 Å². The first-order valence-corrected chi connectivity index (χ1v) is 13.6. The number of allylic oxidation sites excluding steroid dienone is 1. The normalized spacial score (nSPS) is 46.2. The lowest BCUT2D eigenvalue weighted by atomic mass is 9.45. The van der Waals surface area contributed by atoms with Gasteiger partial charge in [-0.2, -0.15) is 0 Å². The van der Waals surface area contributed by atoms with Crippen molar-refractivity contribution in [3.05, 3.63) is 11.6 Å². The van der Waals surface area contributed by atoms with Gasteiger partial charge in [0.05, 0.1) is 6.10 Å². The summed E-state index contributed by atoms with van der Waals surface area (Å²) in [7, 11) is 0. The molecule has 174 valence electrons. The molecule has 4 fully saturated rings. The molecule has 0 aromatic heterocycles. The maximum atomic E-state index is 12.2. The highest BCUT2D eigenvalue weighted by Gasteiger charge is 2.65. The Kier molecular flexibility index (Phi) is 5.32. The molecule has 0 saturated heterocycles. The van der Waals surface area contributed by atoms with Gasteiger partial charge in [-0.05, 0) is 105 Å². The first-order valence-electron chi connectivity index (χ1n) is 13.6. The van der Waals surface area contributed by atoms with Gasteiger partial charge in [0.25, 0.3) is 0 Å². The quantitative estimate of drug-likeness (QED) is 0.483. The van der Waals surface area contributed by atoms with Gasteiger partial charge in [0.1, 0.15) is 5.78 Å². The van der Waals surface area contributed by atoms with Crippen LogP contribution in [0.4, 0.5) is 0 Å². The summed E-state index contributed by atoms with van der Waals surface area (Å²) < 4.78 is 0. The predicted molar refractivity (Wildman–Crippen MR) is 126 cm³/mol. The third-order valence-corrected chi connectivity index (χ3v) is 11.6. The smallest absolute Gasteiger partial charge is 0.135 e. The van der Waals surface area contributed by atoms with Gasteiger partial charge in [0.2, 0.25) is 0 Å². The summed E-state index contributed by atoms with van der Waals surface area (Å²) in [6.45, 7) is 11.7. The van der Waals surface area contributed by atoms with Crippen molar-refractivity contribution in [2.24, 2.45) is 51.8 Å². The summed E-state index contributed by atoms with van der Waals surface area (Å²) in [6, 6.07) is 0. The lowest BCUT2D eigenvalue weighted by molar-refractivity contribution is -0.122. The Hall–Kier alpha value is -0.630. The number of hydrogen-bond acceptors (Lipinski definition) is 2. The molecule has 4 saturated carbocycles. The van der Waals surface area contributed by atoms with Crippen LogP contribution in [0.25, 0.3) is 0 Å². The lowest BCUT2D eigenvalue weighted by Gasteiger charge is -2.60. The highest BCUT2D eigenvalue weighted by molar-refractivity contribution is 5.80. The molecule has 0 aromatic rings. The number of aliphatic hydroxyl groups excluding tert-OH is 1. The number of Topliss-reactive ketones (excluding diaryl/α,β-unsaturated/α-hetero) is 1. The van der Waals surface area contributed by atoms with Crippen LogP contribution in [0.1, 0.15) is 105 Å². The number of aliphatic hydroxyl groups is 1. The first kappa shape index (κ1) is 22.2. The average Bonchev–Trinajstić information content (AvgIpc) is 3.44. The SMILES string of the molecule is CC(C)C(=O)CC[C@@H](C)[C@H]1CC[C@H]2[C@@H]3CC=C4C5(CC5)[C@@H](O)CC[C@]4(C)[C@H]3CC[C@]12C. The molecular weight excluding hydrogens is 380 g/mol. The van der Waals surface area contributed by atoms with E-state index in [0.717, 1.165) is 42.9 Å². The molecule has 0 unspecified atom stereocenters. The fourth-order valence-corrected chi connectivity index (χ4v) is 9.65. The Morgan fingerprint density at radius 3 is 2.45 bits per heavy atom. The number of fused-ring (bicyclic) bond motifs is 6. The van der Waals surface area contributed by atoms with E-state index in [1.54, 1.807) is 5.57 Å². The van der Waals surface area contributed by atoms with Crippen LogP contribution in [-0.2, 0) is 4.79 Å². The summed E-state index contributed by atoms with van der Waals surface area (Å²) >= 11 is 0. The van der Waals surface area contributed by atoms with Crippen molar-refractivity contribution in [1.29, 1.82) is 0 Å². The van der Waals surface area contributed by atoms with Crippen LogP contribution in [0.15, 0.2) is 11.6 Å². The zero-order valence-corrected chi connectivity index (χ0v) is 20.8. The van der Waals surface area contributed by atoms with Crippen molar-refractivity contribution in [1.82, 2.24) is 0 Å². The molecule has 1 spiro atoms. The third kappa shape index (κ3) is 3.17. The van der Waals surface area contributed by atoms with E-state index in [9.17, 15) is 9.90 Å². The largest absolute Gasteiger partial charge is 0.392 e. The predicted octanol–water partition coefficient (Wildman–Crippen LogP) is 6.96. The van der Waals surface area contributed by atoms with Crippen LogP contribution in [0, 0.1) is 51.8 Å². The second-order valence-corrected chi connectivity index (χ2v) is 13.2. The zero-order chi connectivity index (χ0) is 22.2. The Bertz CT molecular complexity index is 761. The number of carbonyl (C=O) groups is 1. The molecule has 0 radical (unpaired) electrons. The molecular formula is C29H46O2. The van der Waals surface area contributed by atoms with Crippen LogP contribution in [0.5, 0.6) is 0 Å². The molecule has 31 heavy (non-hydrogen) atoms. The van der Waals surface area contributed by atoms with E-state index in [1.807, 2.05) is 13.8 Å². The van der Waals surface area contributed by atoms with Crippen LogP contribution >= 0.6 is 0 Å². The Balaban J connectivity index is 1.35. The molecule has 2 heteroatoms. The molecule has 0 aromatic carbocycles. The summed E-state index contributed by atoms with van der Waals surface area (Å²) in [5.74, 6) is 4.61. The first-order chi connectivity index (χ1) is 14.6. The minimum absolute atomic E-state index is 0.0810. The van der Waals surface area contributed by atoms with Gasteiger partial charge >= 0.3 is 0 Å². The topological polar surface area (TPSA) is 37.3 Å². The fourth-order valence-electron chi connectivity index (χ4n) is 9.65. The molecule has 0 bridgehead atoms. The summed E-state index contributed by atoms with van der Waals surface area (Å²) in [6.07, 6.45) is 15.9. The number of carbonyl (C=O) groups excluding carboxylic acids is 1. The maximum Gasteiger partial charge on any atom is 0.135 e. The van der Waals surface area contributed by atoms with Crippen molar-refractivity contribution in [3.8, 4) is 0 Å². The molecule has 0 aliphatic heterocycles. The van der Waals surface area contributed by atoms with Gasteiger partial charge in [0.15, 0.2) is 0 Å². The number of ketones is 1. The van der Waals surface area contributed by atoms with Crippen molar-refractivity contribution in [2.75, 3.05) is 0 Å². The number of rotatable bonds is 5. The van der Waals surface area contributed by atoms with Gasteiger partial charge in [-0.25, -0.2) is 0 Å². The van der Waals surface area contributed by atoms with E-state index in [0.29, 0.717) is 22.5 Å². The van der Waals surface area contributed by atoms with Crippen molar-refractivity contribution in [2.45, 2.75) is 111 Å². The van der Waals surface area contributed by atoms with Crippen molar-refractivity contribution in [3.63, 3.8) is 0 Å². The van der Waals surface area contributed by atoms with E-state index in [4.69, 9.17) is 0 Å². The van der Waals surface area contributed by atoms with Crippen LogP contribution in [0.3, 0.4) is 0 Å². The van der Waals surface area contributed by atoms with Gasteiger partial charge in [0, 0.05) is 17.8 Å². The van der Waals surface area contributed by atoms with Gasteiger partial charge < -0.3 is 5.11 Å². The molecule has 0 heterocycles. The fraction of sp³-hybridized carbons (Fsp3) is 0.897.